The molecule has 9 heteroatoms. The molecule has 1 aromatic heterocycles. The van der Waals surface area contributed by atoms with E-state index in [0.29, 0.717) is 40.9 Å². The third-order valence-corrected chi connectivity index (χ3v) is 5.87. The van der Waals surface area contributed by atoms with Gasteiger partial charge in [-0.2, -0.15) is 0 Å². The van der Waals surface area contributed by atoms with E-state index in [1.807, 2.05) is 45.3 Å². The Morgan fingerprint density at radius 1 is 1.00 bits per heavy atom. The Morgan fingerprint density at radius 3 is 2.25 bits per heavy atom. The highest BCUT2D eigenvalue weighted by molar-refractivity contribution is 7.22. The molecule has 7 nitrogen and oxygen atoms in total. The van der Waals surface area contributed by atoms with Crippen molar-refractivity contribution in [3.8, 4) is 17.2 Å². The number of methoxy groups -OCH3 is 2. The molecule has 0 fully saturated rings. The molecule has 0 atom stereocenters. The van der Waals surface area contributed by atoms with E-state index in [-0.39, 0.29) is 18.3 Å². The van der Waals surface area contributed by atoms with Gasteiger partial charge in [-0.25, -0.2) is 4.98 Å². The fraction of sp³-hybridized carbons (Fsp3) is 0.391. The maximum absolute atomic E-state index is 13.5. The van der Waals surface area contributed by atoms with Crippen LogP contribution < -0.4 is 19.1 Å². The number of nitrogens with zero attached hydrogens (tertiary/aromatic N) is 3. The number of thiazole rings is 1. The number of ether oxygens (including phenoxy) is 3. The van der Waals surface area contributed by atoms with Gasteiger partial charge in [0.1, 0.15) is 27.5 Å². The first kappa shape index (κ1) is 25.7. The molecular weight excluding hydrogens is 450 g/mol. The van der Waals surface area contributed by atoms with Crippen molar-refractivity contribution in [2.75, 3.05) is 52.9 Å². The maximum Gasteiger partial charge on any atom is 0.260 e. The van der Waals surface area contributed by atoms with Crippen molar-refractivity contribution in [2.45, 2.75) is 13.3 Å². The zero-order valence-corrected chi connectivity index (χ0v) is 20.7. The number of aromatic nitrogens is 1. The number of fused-ring (bicyclic) bond motifs is 1. The first-order valence-corrected chi connectivity index (χ1v) is 11.0. The molecule has 0 aliphatic rings. The van der Waals surface area contributed by atoms with Crippen LogP contribution in [0.15, 0.2) is 36.4 Å². The number of carbonyl (C=O) groups is 1. The molecule has 0 aliphatic carbocycles. The summed E-state index contributed by atoms with van der Waals surface area (Å²) in [6.45, 7) is 3.93. The molecule has 1 heterocycles. The van der Waals surface area contributed by atoms with Gasteiger partial charge in [-0.3, -0.25) is 9.69 Å². The number of hydrogen-bond donors (Lipinski definition) is 0. The molecule has 174 valence electrons. The Balaban J connectivity index is 0.00000363. The molecule has 0 unspecified atom stereocenters. The molecule has 0 spiro atoms. The summed E-state index contributed by atoms with van der Waals surface area (Å²) in [6, 6.07) is 10.9. The van der Waals surface area contributed by atoms with E-state index in [4.69, 9.17) is 19.2 Å². The monoisotopic (exact) mass is 479 g/mol. The minimum Gasteiger partial charge on any atom is -0.495 e. The normalized spacial score (nSPS) is 10.7. The third kappa shape index (κ3) is 5.82. The number of hydrogen-bond acceptors (Lipinski definition) is 7. The van der Waals surface area contributed by atoms with Gasteiger partial charge >= 0.3 is 0 Å². The Hall–Kier alpha value is -2.55. The van der Waals surface area contributed by atoms with Gasteiger partial charge in [-0.05, 0) is 70.4 Å². The zero-order valence-electron chi connectivity index (χ0n) is 19.1. The lowest BCUT2D eigenvalue weighted by Gasteiger charge is -2.21. The van der Waals surface area contributed by atoms with Crippen molar-refractivity contribution in [3.05, 3.63) is 42.0 Å². The summed E-state index contributed by atoms with van der Waals surface area (Å²) in [5.74, 6) is 2.01. The molecule has 3 rings (SSSR count). The molecule has 0 saturated carbocycles. The van der Waals surface area contributed by atoms with E-state index in [9.17, 15) is 4.79 Å². The minimum absolute atomic E-state index is 0. The number of halogens is 1. The first-order chi connectivity index (χ1) is 15.0. The van der Waals surface area contributed by atoms with Crippen molar-refractivity contribution in [1.29, 1.82) is 0 Å². The van der Waals surface area contributed by atoms with Gasteiger partial charge in [0.2, 0.25) is 0 Å². The number of amides is 1. The summed E-state index contributed by atoms with van der Waals surface area (Å²) < 4.78 is 17.3. The molecular formula is C23H30ClN3O4S. The SMILES string of the molecule is CCOc1ccc(C(=O)N(CCCN(C)C)c2nc3c(OC)ccc(OC)c3s2)cc1.Cl. The van der Waals surface area contributed by atoms with Gasteiger partial charge in [0.05, 0.1) is 20.8 Å². The van der Waals surface area contributed by atoms with Crippen molar-refractivity contribution >= 4 is 45.0 Å². The molecule has 0 saturated heterocycles. The third-order valence-electron chi connectivity index (χ3n) is 4.77. The second kappa shape index (κ2) is 11.9. The van der Waals surface area contributed by atoms with Crippen LogP contribution >= 0.6 is 23.7 Å². The predicted molar refractivity (Wildman–Crippen MR) is 132 cm³/mol. The Bertz CT molecular complexity index is 983. The van der Waals surface area contributed by atoms with E-state index >= 15 is 0 Å². The smallest absolute Gasteiger partial charge is 0.260 e. The predicted octanol–water partition coefficient (Wildman–Crippen LogP) is 4.73. The van der Waals surface area contributed by atoms with Gasteiger partial charge in [0.25, 0.3) is 5.91 Å². The van der Waals surface area contributed by atoms with E-state index in [2.05, 4.69) is 4.90 Å². The van der Waals surface area contributed by atoms with Crippen LogP contribution in [0.4, 0.5) is 5.13 Å². The lowest BCUT2D eigenvalue weighted by atomic mass is 10.2. The largest absolute Gasteiger partial charge is 0.495 e. The second-order valence-electron chi connectivity index (χ2n) is 7.22. The lowest BCUT2D eigenvalue weighted by molar-refractivity contribution is 0.0986. The number of rotatable bonds is 10. The number of carbonyl (C=O) groups excluding carboxylic acids is 1. The quantitative estimate of drug-likeness (QED) is 0.418. The summed E-state index contributed by atoms with van der Waals surface area (Å²) in [4.78, 5) is 22.1. The highest BCUT2D eigenvalue weighted by Gasteiger charge is 2.23. The minimum atomic E-state index is -0.0983. The molecule has 0 radical (unpaired) electrons. The van der Waals surface area contributed by atoms with Crippen molar-refractivity contribution in [2.24, 2.45) is 0 Å². The summed E-state index contributed by atoms with van der Waals surface area (Å²) in [5.41, 5.74) is 1.28. The van der Waals surface area contributed by atoms with E-state index < -0.39 is 0 Å². The second-order valence-corrected chi connectivity index (χ2v) is 8.19. The van der Waals surface area contributed by atoms with E-state index in [0.717, 1.165) is 23.4 Å². The fourth-order valence-electron chi connectivity index (χ4n) is 3.24. The molecule has 0 bridgehead atoms. The van der Waals surface area contributed by atoms with Crippen LogP contribution in [0.1, 0.15) is 23.7 Å². The van der Waals surface area contributed by atoms with E-state index in [1.165, 1.54) is 11.3 Å². The molecule has 1 amide bonds. The fourth-order valence-corrected chi connectivity index (χ4v) is 4.33. The first-order valence-electron chi connectivity index (χ1n) is 10.2. The molecule has 0 N–H and O–H groups in total. The van der Waals surface area contributed by atoms with Gasteiger partial charge in [-0.1, -0.05) is 11.3 Å². The van der Waals surface area contributed by atoms with Crippen molar-refractivity contribution < 1.29 is 19.0 Å². The van der Waals surface area contributed by atoms with Crippen LogP contribution in [0.25, 0.3) is 10.2 Å². The van der Waals surface area contributed by atoms with Gasteiger partial charge < -0.3 is 19.1 Å². The van der Waals surface area contributed by atoms with Crippen LogP contribution in [-0.4, -0.2) is 63.8 Å². The van der Waals surface area contributed by atoms with Crippen molar-refractivity contribution in [3.63, 3.8) is 0 Å². The average molecular weight is 480 g/mol. The Kier molecular flexibility index (Phi) is 9.56. The summed E-state index contributed by atoms with van der Waals surface area (Å²) in [5, 5.41) is 0.621. The summed E-state index contributed by atoms with van der Waals surface area (Å²) in [7, 11) is 7.28. The van der Waals surface area contributed by atoms with Crippen LogP contribution in [0, 0.1) is 0 Å². The van der Waals surface area contributed by atoms with Gasteiger partial charge in [-0.15, -0.1) is 12.4 Å². The Labute approximate surface area is 199 Å². The number of benzene rings is 2. The highest BCUT2D eigenvalue weighted by atomic mass is 35.5. The lowest BCUT2D eigenvalue weighted by Crippen LogP contribution is -2.33. The molecule has 32 heavy (non-hydrogen) atoms. The summed E-state index contributed by atoms with van der Waals surface area (Å²) in [6.07, 6.45) is 0.819. The van der Waals surface area contributed by atoms with Crippen LogP contribution in [0.2, 0.25) is 0 Å². The summed E-state index contributed by atoms with van der Waals surface area (Å²) >= 11 is 1.43. The van der Waals surface area contributed by atoms with Gasteiger partial charge in [0.15, 0.2) is 5.13 Å². The van der Waals surface area contributed by atoms with Crippen LogP contribution in [-0.2, 0) is 0 Å². The molecule has 2 aromatic carbocycles. The standard InChI is InChI=1S/C23H29N3O4S.ClH/c1-6-30-17-10-8-16(9-11-17)22(27)26(15-7-14-25(2)3)23-24-20-18(28-4)12-13-19(29-5)21(20)31-23;/h8-13H,6-7,14-15H2,1-5H3;1H. The van der Waals surface area contributed by atoms with Gasteiger partial charge in [0, 0.05) is 12.1 Å². The highest BCUT2D eigenvalue weighted by Crippen LogP contribution is 2.40. The van der Waals surface area contributed by atoms with Crippen LogP contribution in [0.5, 0.6) is 17.2 Å². The zero-order chi connectivity index (χ0) is 22.4. The molecule has 3 aromatic rings. The van der Waals surface area contributed by atoms with E-state index in [1.54, 1.807) is 31.3 Å². The topological polar surface area (TPSA) is 64.1 Å². The average Bonchev–Trinajstić information content (AvgIpc) is 3.21. The Morgan fingerprint density at radius 2 is 1.66 bits per heavy atom. The maximum atomic E-state index is 13.5. The van der Waals surface area contributed by atoms with Crippen molar-refractivity contribution in [1.82, 2.24) is 9.88 Å². The van der Waals surface area contributed by atoms with Crippen LogP contribution in [0.3, 0.4) is 0 Å². The molecule has 0 aliphatic heterocycles. The number of anilines is 1.